The van der Waals surface area contributed by atoms with E-state index in [1.807, 2.05) is 17.4 Å². The molecule has 2 amide bonds. The smallest absolute Gasteiger partial charge is 0.315 e. The summed E-state index contributed by atoms with van der Waals surface area (Å²) >= 11 is 1.81. The zero-order valence-electron chi connectivity index (χ0n) is 15.1. The third kappa shape index (κ3) is 5.71. The number of piperidine rings is 1. The van der Waals surface area contributed by atoms with Gasteiger partial charge in [-0.3, -0.25) is 4.90 Å². The normalized spacial score (nSPS) is 17.7. The number of thiophene rings is 1. The van der Waals surface area contributed by atoms with Crippen LogP contribution in [0.4, 0.5) is 4.79 Å². The summed E-state index contributed by atoms with van der Waals surface area (Å²) in [6.07, 6.45) is 4.07. The second-order valence-corrected chi connectivity index (χ2v) is 7.63. The van der Waals surface area contributed by atoms with E-state index in [0.717, 1.165) is 25.2 Å². The summed E-state index contributed by atoms with van der Waals surface area (Å²) in [7, 11) is 1.58. The molecule has 0 aromatic carbocycles. The van der Waals surface area contributed by atoms with Gasteiger partial charge in [-0.25, -0.2) is 9.78 Å². The number of methoxy groups -OCH3 is 1. The Kier molecular flexibility index (Phi) is 6.85. The van der Waals surface area contributed by atoms with E-state index < -0.39 is 0 Å². The summed E-state index contributed by atoms with van der Waals surface area (Å²) in [5.74, 6) is 1.08. The van der Waals surface area contributed by atoms with E-state index in [1.54, 1.807) is 19.4 Å². The lowest BCUT2D eigenvalue weighted by Crippen LogP contribution is -2.43. The monoisotopic (exact) mass is 374 g/mol. The SMILES string of the molecule is COc1ccc(CNC(=O)NCC2CCCN(Cc3cccs3)C2)cn1. The second-order valence-electron chi connectivity index (χ2n) is 6.60. The number of nitrogens with zero attached hydrogens (tertiary/aromatic N) is 2. The Labute approximate surface area is 158 Å². The van der Waals surface area contributed by atoms with Gasteiger partial charge in [-0.1, -0.05) is 12.1 Å². The fourth-order valence-electron chi connectivity index (χ4n) is 3.20. The lowest BCUT2D eigenvalue weighted by atomic mass is 9.98. The highest BCUT2D eigenvalue weighted by Gasteiger charge is 2.20. The summed E-state index contributed by atoms with van der Waals surface area (Å²) in [6.45, 7) is 4.38. The van der Waals surface area contributed by atoms with E-state index in [9.17, 15) is 4.79 Å². The molecule has 2 aromatic rings. The van der Waals surface area contributed by atoms with Gasteiger partial charge < -0.3 is 15.4 Å². The molecule has 0 saturated carbocycles. The number of rotatable bonds is 7. The van der Waals surface area contributed by atoms with Crippen LogP contribution in [0.5, 0.6) is 5.88 Å². The van der Waals surface area contributed by atoms with E-state index in [2.05, 4.69) is 38.0 Å². The second kappa shape index (κ2) is 9.54. The molecule has 1 atom stereocenters. The molecule has 2 aromatic heterocycles. The number of likely N-dealkylation sites (tertiary alicyclic amines) is 1. The molecule has 1 fully saturated rings. The van der Waals surface area contributed by atoms with Crippen LogP contribution >= 0.6 is 11.3 Å². The van der Waals surface area contributed by atoms with Gasteiger partial charge in [-0.15, -0.1) is 11.3 Å². The van der Waals surface area contributed by atoms with Crippen LogP contribution in [0.3, 0.4) is 0 Å². The van der Waals surface area contributed by atoms with E-state index in [-0.39, 0.29) is 6.03 Å². The molecule has 1 saturated heterocycles. The number of carbonyl (C=O) groups excluding carboxylic acids is 1. The van der Waals surface area contributed by atoms with Crippen molar-refractivity contribution in [3.63, 3.8) is 0 Å². The topological polar surface area (TPSA) is 66.5 Å². The quantitative estimate of drug-likeness (QED) is 0.782. The minimum atomic E-state index is -0.129. The van der Waals surface area contributed by atoms with Crippen LogP contribution in [0.25, 0.3) is 0 Å². The first-order chi connectivity index (χ1) is 12.7. The highest BCUT2D eigenvalue weighted by atomic mass is 32.1. The first-order valence-electron chi connectivity index (χ1n) is 8.98. The van der Waals surface area contributed by atoms with Crippen molar-refractivity contribution in [2.45, 2.75) is 25.9 Å². The van der Waals surface area contributed by atoms with E-state index in [4.69, 9.17) is 4.74 Å². The number of amides is 2. The van der Waals surface area contributed by atoms with Crippen LogP contribution in [-0.2, 0) is 13.1 Å². The number of nitrogens with one attached hydrogen (secondary N) is 2. The molecule has 1 unspecified atom stereocenters. The fourth-order valence-corrected chi connectivity index (χ4v) is 3.95. The Morgan fingerprint density at radius 3 is 3.04 bits per heavy atom. The highest BCUT2D eigenvalue weighted by molar-refractivity contribution is 7.09. The molecule has 3 rings (SSSR count). The Balaban J connectivity index is 1.36. The summed E-state index contributed by atoms with van der Waals surface area (Å²) in [6, 6.07) is 7.85. The van der Waals surface area contributed by atoms with Crippen LogP contribution in [0.15, 0.2) is 35.8 Å². The fraction of sp³-hybridized carbons (Fsp3) is 0.474. The van der Waals surface area contributed by atoms with Gasteiger partial charge in [0.25, 0.3) is 0 Å². The zero-order chi connectivity index (χ0) is 18.2. The molecule has 1 aliphatic heterocycles. The van der Waals surface area contributed by atoms with E-state index >= 15 is 0 Å². The highest BCUT2D eigenvalue weighted by Crippen LogP contribution is 2.19. The van der Waals surface area contributed by atoms with E-state index in [0.29, 0.717) is 24.9 Å². The third-order valence-electron chi connectivity index (χ3n) is 4.57. The van der Waals surface area contributed by atoms with Crippen LogP contribution in [0.1, 0.15) is 23.3 Å². The predicted octanol–water partition coefficient (Wildman–Crippen LogP) is 2.86. The molecular weight excluding hydrogens is 348 g/mol. The molecule has 1 aliphatic rings. The Bertz CT molecular complexity index is 675. The maximum Gasteiger partial charge on any atom is 0.315 e. The van der Waals surface area contributed by atoms with Crippen LogP contribution in [0, 0.1) is 5.92 Å². The Morgan fingerprint density at radius 1 is 1.38 bits per heavy atom. The van der Waals surface area contributed by atoms with Crippen molar-refractivity contribution in [2.24, 2.45) is 5.92 Å². The number of pyridine rings is 1. The van der Waals surface area contributed by atoms with Gasteiger partial charge in [-0.05, 0) is 42.3 Å². The minimum absolute atomic E-state index is 0.129. The van der Waals surface area contributed by atoms with Gasteiger partial charge >= 0.3 is 6.03 Å². The van der Waals surface area contributed by atoms with Crippen LogP contribution < -0.4 is 15.4 Å². The van der Waals surface area contributed by atoms with Crippen molar-refractivity contribution in [1.82, 2.24) is 20.5 Å². The first-order valence-corrected chi connectivity index (χ1v) is 9.86. The molecule has 0 bridgehead atoms. The number of hydrogen-bond donors (Lipinski definition) is 2. The number of ether oxygens (including phenoxy) is 1. The van der Waals surface area contributed by atoms with Gasteiger partial charge in [-0.2, -0.15) is 0 Å². The third-order valence-corrected chi connectivity index (χ3v) is 5.43. The molecule has 140 valence electrons. The maximum atomic E-state index is 12.0. The summed E-state index contributed by atoms with van der Waals surface area (Å²) in [5.41, 5.74) is 0.945. The molecule has 6 nitrogen and oxygen atoms in total. The molecule has 0 radical (unpaired) electrons. The number of urea groups is 1. The predicted molar refractivity (Wildman–Crippen MR) is 103 cm³/mol. The molecule has 0 spiro atoms. The average molecular weight is 375 g/mol. The van der Waals surface area contributed by atoms with Gasteiger partial charge in [0, 0.05) is 43.3 Å². The Hall–Kier alpha value is -2.12. The summed E-state index contributed by atoms with van der Waals surface area (Å²) in [4.78, 5) is 20.1. The average Bonchev–Trinajstić information content (AvgIpc) is 3.18. The largest absolute Gasteiger partial charge is 0.481 e. The van der Waals surface area contributed by atoms with Gasteiger partial charge in [0.15, 0.2) is 0 Å². The van der Waals surface area contributed by atoms with Crippen molar-refractivity contribution >= 4 is 17.4 Å². The van der Waals surface area contributed by atoms with Crippen molar-refractivity contribution in [3.05, 3.63) is 46.3 Å². The molecule has 26 heavy (non-hydrogen) atoms. The lowest BCUT2D eigenvalue weighted by molar-refractivity contribution is 0.166. The van der Waals surface area contributed by atoms with E-state index in [1.165, 1.54) is 17.7 Å². The molecule has 7 heteroatoms. The zero-order valence-corrected chi connectivity index (χ0v) is 15.9. The minimum Gasteiger partial charge on any atom is -0.481 e. The first kappa shape index (κ1) is 18.7. The van der Waals surface area contributed by atoms with Gasteiger partial charge in [0.2, 0.25) is 5.88 Å². The van der Waals surface area contributed by atoms with Gasteiger partial charge in [0.05, 0.1) is 7.11 Å². The summed E-state index contributed by atoms with van der Waals surface area (Å²) in [5, 5.41) is 8.01. The standard InChI is InChI=1S/C19H26N4O2S/c1-25-18-7-6-15(10-20-18)11-21-19(24)22-12-16-4-2-8-23(13-16)14-17-5-3-9-26-17/h3,5-7,9-10,16H,2,4,8,11-14H2,1H3,(H2,21,22,24). The number of carbonyl (C=O) groups is 1. The molecule has 2 N–H and O–H groups in total. The Morgan fingerprint density at radius 2 is 2.31 bits per heavy atom. The van der Waals surface area contributed by atoms with Crippen molar-refractivity contribution in [1.29, 1.82) is 0 Å². The van der Waals surface area contributed by atoms with Gasteiger partial charge in [0.1, 0.15) is 0 Å². The maximum absolute atomic E-state index is 12.0. The van der Waals surface area contributed by atoms with Crippen molar-refractivity contribution < 1.29 is 9.53 Å². The van der Waals surface area contributed by atoms with Crippen molar-refractivity contribution in [2.75, 3.05) is 26.7 Å². The van der Waals surface area contributed by atoms with Crippen molar-refractivity contribution in [3.8, 4) is 5.88 Å². The molecule has 3 heterocycles. The molecule has 0 aliphatic carbocycles. The number of aromatic nitrogens is 1. The van der Waals surface area contributed by atoms with Crippen LogP contribution in [0.2, 0.25) is 0 Å². The molecular formula is C19H26N4O2S. The lowest BCUT2D eigenvalue weighted by Gasteiger charge is -2.32. The number of hydrogen-bond acceptors (Lipinski definition) is 5. The van der Waals surface area contributed by atoms with Crippen LogP contribution in [-0.4, -0.2) is 42.7 Å². The summed E-state index contributed by atoms with van der Waals surface area (Å²) < 4.78 is 5.03.